The van der Waals surface area contributed by atoms with Crippen molar-refractivity contribution in [2.75, 3.05) is 0 Å². The molecule has 1 aliphatic carbocycles. The molecule has 6 heteroatoms. The molecule has 0 radical (unpaired) electrons. The number of nitrogens with one attached hydrogen (secondary N) is 1. The molecule has 2 rings (SSSR count). The molecule has 1 aromatic rings. The number of benzene rings is 1. The average molecular weight is 269 g/mol. The van der Waals surface area contributed by atoms with Crippen LogP contribution in [0.15, 0.2) is 29.2 Å². The predicted molar refractivity (Wildman–Crippen MR) is 65.6 cm³/mol. The molecule has 1 unspecified atom stereocenters. The first-order valence-corrected chi connectivity index (χ1v) is 7.20. The number of aliphatic carboxylic acids is 1. The quantitative estimate of drug-likeness (QED) is 0.839. The molecule has 0 spiro atoms. The van der Waals surface area contributed by atoms with Gasteiger partial charge < -0.3 is 5.11 Å². The Balaban J connectivity index is 2.23. The van der Waals surface area contributed by atoms with E-state index in [1.54, 1.807) is 19.1 Å². The van der Waals surface area contributed by atoms with Gasteiger partial charge in [-0.15, -0.1) is 0 Å². The van der Waals surface area contributed by atoms with Crippen molar-refractivity contribution < 1.29 is 18.3 Å². The molecule has 0 aliphatic heterocycles. The maximum absolute atomic E-state index is 12.1. The Labute approximate surface area is 106 Å². The lowest BCUT2D eigenvalue weighted by molar-refractivity contribution is -0.139. The summed E-state index contributed by atoms with van der Waals surface area (Å²) < 4.78 is 26.4. The van der Waals surface area contributed by atoms with E-state index >= 15 is 0 Å². The molecule has 0 heterocycles. The van der Waals surface area contributed by atoms with Crippen LogP contribution in [0.2, 0.25) is 0 Å². The molecule has 2 N–H and O–H groups in total. The van der Waals surface area contributed by atoms with Crippen molar-refractivity contribution in [2.45, 2.75) is 30.7 Å². The summed E-state index contributed by atoms with van der Waals surface area (Å²) in [7, 11) is -3.76. The van der Waals surface area contributed by atoms with Crippen LogP contribution in [0, 0.1) is 12.8 Å². The lowest BCUT2D eigenvalue weighted by Gasteiger charge is -2.14. The Kier molecular flexibility index (Phi) is 3.41. The molecule has 0 amide bonds. The Morgan fingerprint density at radius 1 is 1.44 bits per heavy atom. The van der Waals surface area contributed by atoms with E-state index in [1.165, 1.54) is 12.1 Å². The third-order valence-corrected chi connectivity index (χ3v) is 4.38. The number of hydrogen-bond acceptors (Lipinski definition) is 3. The van der Waals surface area contributed by atoms with E-state index in [4.69, 9.17) is 5.11 Å². The summed E-state index contributed by atoms with van der Waals surface area (Å²) in [4.78, 5) is 11.1. The molecule has 1 saturated carbocycles. The minimum absolute atomic E-state index is 0.0814. The SMILES string of the molecule is Cc1cccc(S(=O)(=O)NC(C(=O)O)C2CC2)c1. The van der Waals surface area contributed by atoms with Crippen molar-refractivity contribution in [3.63, 3.8) is 0 Å². The van der Waals surface area contributed by atoms with Crippen molar-refractivity contribution >= 4 is 16.0 Å². The van der Waals surface area contributed by atoms with Crippen molar-refractivity contribution in [3.05, 3.63) is 29.8 Å². The maximum Gasteiger partial charge on any atom is 0.322 e. The fourth-order valence-corrected chi connectivity index (χ4v) is 3.16. The topological polar surface area (TPSA) is 83.5 Å². The highest BCUT2D eigenvalue weighted by atomic mass is 32.2. The van der Waals surface area contributed by atoms with Crippen LogP contribution in [0.3, 0.4) is 0 Å². The first kappa shape index (κ1) is 13.0. The van der Waals surface area contributed by atoms with Crippen molar-refractivity contribution in [2.24, 2.45) is 5.92 Å². The Bertz CT molecular complexity index is 563. The second-order valence-electron chi connectivity index (χ2n) is 4.59. The normalized spacial score (nSPS) is 17.4. The summed E-state index contributed by atoms with van der Waals surface area (Å²) in [5, 5.41) is 9.02. The molecule has 1 fully saturated rings. The van der Waals surface area contributed by atoms with E-state index in [1.807, 2.05) is 0 Å². The van der Waals surface area contributed by atoms with Crippen LogP contribution in [0.1, 0.15) is 18.4 Å². The first-order valence-electron chi connectivity index (χ1n) is 5.72. The zero-order chi connectivity index (χ0) is 13.3. The number of rotatable bonds is 5. The Hall–Kier alpha value is -1.40. The molecule has 1 aromatic carbocycles. The van der Waals surface area contributed by atoms with Crippen molar-refractivity contribution in [1.29, 1.82) is 0 Å². The highest BCUT2D eigenvalue weighted by Gasteiger charge is 2.39. The Morgan fingerprint density at radius 2 is 2.11 bits per heavy atom. The summed E-state index contributed by atoms with van der Waals surface area (Å²) >= 11 is 0. The molecular formula is C12H15NO4S. The largest absolute Gasteiger partial charge is 0.480 e. The van der Waals surface area contributed by atoms with Gasteiger partial charge in [0.1, 0.15) is 6.04 Å². The number of carboxylic acid groups (broad SMARTS) is 1. The fraction of sp³-hybridized carbons (Fsp3) is 0.417. The lowest BCUT2D eigenvalue weighted by atomic mass is 10.2. The number of hydrogen-bond donors (Lipinski definition) is 2. The van der Waals surface area contributed by atoms with Gasteiger partial charge in [0.15, 0.2) is 0 Å². The number of carboxylic acids is 1. The van der Waals surface area contributed by atoms with Gasteiger partial charge >= 0.3 is 5.97 Å². The number of carbonyl (C=O) groups is 1. The summed E-state index contributed by atoms with van der Waals surface area (Å²) in [6, 6.07) is 5.39. The third kappa shape index (κ3) is 2.88. The first-order chi connectivity index (χ1) is 8.40. The van der Waals surface area contributed by atoms with Gasteiger partial charge in [-0.1, -0.05) is 12.1 Å². The lowest BCUT2D eigenvalue weighted by Crippen LogP contribution is -2.42. The second-order valence-corrected chi connectivity index (χ2v) is 6.31. The van der Waals surface area contributed by atoms with Crippen LogP contribution >= 0.6 is 0 Å². The molecular weight excluding hydrogens is 254 g/mol. The molecule has 0 saturated heterocycles. The number of sulfonamides is 1. The van der Waals surface area contributed by atoms with Gasteiger partial charge in [0.05, 0.1) is 4.90 Å². The average Bonchev–Trinajstić information content (AvgIpc) is 3.09. The highest BCUT2D eigenvalue weighted by molar-refractivity contribution is 7.89. The van der Waals surface area contributed by atoms with E-state index < -0.39 is 22.0 Å². The monoisotopic (exact) mass is 269 g/mol. The zero-order valence-corrected chi connectivity index (χ0v) is 10.8. The van der Waals surface area contributed by atoms with Gasteiger partial charge in [-0.05, 0) is 43.4 Å². The molecule has 0 bridgehead atoms. The zero-order valence-electron chi connectivity index (χ0n) is 9.96. The minimum Gasteiger partial charge on any atom is -0.480 e. The molecule has 0 aromatic heterocycles. The standard InChI is InChI=1S/C12H15NO4S/c1-8-3-2-4-10(7-8)18(16,17)13-11(12(14)15)9-5-6-9/h2-4,7,9,11,13H,5-6H2,1H3,(H,14,15). The highest BCUT2D eigenvalue weighted by Crippen LogP contribution is 2.33. The van der Waals surface area contributed by atoms with Gasteiger partial charge in [-0.25, -0.2) is 8.42 Å². The smallest absolute Gasteiger partial charge is 0.322 e. The van der Waals surface area contributed by atoms with Gasteiger partial charge in [-0.3, -0.25) is 4.79 Å². The van der Waals surface area contributed by atoms with Crippen LogP contribution in [0.4, 0.5) is 0 Å². The molecule has 5 nitrogen and oxygen atoms in total. The van der Waals surface area contributed by atoms with Gasteiger partial charge in [0, 0.05) is 0 Å². The summed E-state index contributed by atoms with van der Waals surface area (Å²) in [6.07, 6.45) is 1.51. The second kappa shape index (κ2) is 4.70. The van der Waals surface area contributed by atoms with E-state index in [-0.39, 0.29) is 10.8 Å². The van der Waals surface area contributed by atoms with Gasteiger partial charge in [-0.2, -0.15) is 4.72 Å². The van der Waals surface area contributed by atoms with Crippen molar-refractivity contribution in [1.82, 2.24) is 4.72 Å². The third-order valence-electron chi connectivity index (χ3n) is 2.94. The molecule has 1 atom stereocenters. The molecule has 1 aliphatic rings. The van der Waals surface area contributed by atoms with Gasteiger partial charge in [0.2, 0.25) is 10.0 Å². The minimum atomic E-state index is -3.76. The van der Waals surface area contributed by atoms with Crippen molar-refractivity contribution in [3.8, 4) is 0 Å². The van der Waals surface area contributed by atoms with E-state index in [0.29, 0.717) is 0 Å². The van der Waals surface area contributed by atoms with E-state index in [0.717, 1.165) is 18.4 Å². The number of aryl methyl sites for hydroxylation is 1. The summed E-state index contributed by atoms with van der Waals surface area (Å²) in [6.45, 7) is 1.79. The fourth-order valence-electron chi connectivity index (χ4n) is 1.80. The van der Waals surface area contributed by atoms with Crippen LogP contribution < -0.4 is 4.72 Å². The van der Waals surface area contributed by atoms with Crippen LogP contribution in [-0.4, -0.2) is 25.5 Å². The van der Waals surface area contributed by atoms with E-state index in [9.17, 15) is 13.2 Å². The van der Waals surface area contributed by atoms with Crippen LogP contribution in [-0.2, 0) is 14.8 Å². The van der Waals surface area contributed by atoms with Crippen LogP contribution in [0.25, 0.3) is 0 Å². The predicted octanol–water partition coefficient (Wildman–Crippen LogP) is 1.14. The maximum atomic E-state index is 12.1. The van der Waals surface area contributed by atoms with E-state index in [2.05, 4.69) is 4.72 Å². The Morgan fingerprint density at radius 3 is 2.61 bits per heavy atom. The van der Waals surface area contributed by atoms with Crippen LogP contribution in [0.5, 0.6) is 0 Å². The van der Waals surface area contributed by atoms with Gasteiger partial charge in [0.25, 0.3) is 0 Å². The summed E-state index contributed by atoms with van der Waals surface area (Å²) in [5.41, 5.74) is 0.816. The molecule has 18 heavy (non-hydrogen) atoms. The summed E-state index contributed by atoms with van der Waals surface area (Å²) in [5.74, 6) is -1.20. The molecule has 98 valence electrons.